The van der Waals surface area contributed by atoms with Gasteiger partial charge in [0.25, 0.3) is 0 Å². The molecule has 4 heteroatoms. The number of pyridine rings is 1. The molecule has 1 aliphatic rings. The van der Waals surface area contributed by atoms with E-state index in [2.05, 4.69) is 42.2 Å². The first kappa shape index (κ1) is 18.6. The average molecular weight is 335 g/mol. The minimum atomic E-state index is -0.0619. The number of rotatable bonds is 9. The molecule has 1 saturated carbocycles. The second-order valence-electron chi connectivity index (χ2n) is 6.03. The smallest absolute Gasteiger partial charge is 0.243 e. The third-order valence-corrected chi connectivity index (χ3v) is 4.23. The number of nitrogens with one attached hydrogen (secondary N) is 1. The first-order valence-electron chi connectivity index (χ1n) is 8.54. The van der Waals surface area contributed by atoms with Gasteiger partial charge in [-0.15, -0.1) is 0 Å². The SMILES string of the molecule is C=CC(/C=N/NC(=O)C1CC1c1cnc(C=C)c(C=C)c1)=C\CCC. The number of hydrazone groups is 1. The summed E-state index contributed by atoms with van der Waals surface area (Å²) in [6, 6.07) is 2.03. The molecule has 0 aliphatic heterocycles. The third-order valence-electron chi connectivity index (χ3n) is 4.23. The van der Waals surface area contributed by atoms with E-state index in [1.54, 1.807) is 24.4 Å². The molecule has 1 N–H and O–H groups in total. The first-order chi connectivity index (χ1) is 12.1. The van der Waals surface area contributed by atoms with Crippen molar-refractivity contribution < 1.29 is 4.79 Å². The van der Waals surface area contributed by atoms with Crippen LogP contribution in [0.3, 0.4) is 0 Å². The second kappa shape index (κ2) is 8.92. The fourth-order valence-corrected chi connectivity index (χ4v) is 2.65. The molecule has 2 rings (SSSR count). The van der Waals surface area contributed by atoms with E-state index < -0.39 is 0 Å². The van der Waals surface area contributed by atoms with Gasteiger partial charge in [-0.25, -0.2) is 5.43 Å². The van der Waals surface area contributed by atoms with E-state index >= 15 is 0 Å². The summed E-state index contributed by atoms with van der Waals surface area (Å²) in [5.41, 5.74) is 6.33. The number of unbranched alkanes of at least 4 members (excludes halogenated alkanes) is 1. The molecule has 0 saturated heterocycles. The van der Waals surface area contributed by atoms with E-state index in [0.29, 0.717) is 0 Å². The van der Waals surface area contributed by atoms with Crippen molar-refractivity contribution in [3.8, 4) is 0 Å². The lowest BCUT2D eigenvalue weighted by molar-refractivity contribution is -0.122. The highest BCUT2D eigenvalue weighted by atomic mass is 16.2. The fraction of sp³-hybridized carbons (Fsp3) is 0.286. The van der Waals surface area contributed by atoms with Crippen molar-refractivity contribution >= 4 is 24.3 Å². The van der Waals surface area contributed by atoms with Crippen LogP contribution < -0.4 is 5.43 Å². The number of carbonyl (C=O) groups is 1. The van der Waals surface area contributed by atoms with Crippen molar-refractivity contribution in [2.45, 2.75) is 32.1 Å². The molecule has 0 bridgehead atoms. The largest absolute Gasteiger partial charge is 0.273 e. The van der Waals surface area contributed by atoms with Crippen LogP contribution in [0.5, 0.6) is 0 Å². The van der Waals surface area contributed by atoms with Gasteiger partial charge in [-0.2, -0.15) is 5.10 Å². The second-order valence-corrected chi connectivity index (χ2v) is 6.03. The van der Waals surface area contributed by atoms with Crippen molar-refractivity contribution in [2.75, 3.05) is 0 Å². The zero-order valence-corrected chi connectivity index (χ0v) is 14.7. The summed E-state index contributed by atoms with van der Waals surface area (Å²) in [4.78, 5) is 16.6. The molecule has 1 aromatic heterocycles. The summed E-state index contributed by atoms with van der Waals surface area (Å²) in [5.74, 6) is 0.0703. The Kier molecular flexibility index (Phi) is 6.63. The molecule has 0 aromatic carbocycles. The minimum absolute atomic E-state index is 0.0574. The summed E-state index contributed by atoms with van der Waals surface area (Å²) in [6.45, 7) is 13.4. The van der Waals surface area contributed by atoms with Crippen LogP contribution in [-0.2, 0) is 4.79 Å². The lowest BCUT2D eigenvalue weighted by Gasteiger charge is -2.04. The summed E-state index contributed by atoms with van der Waals surface area (Å²) in [5, 5.41) is 4.04. The Morgan fingerprint density at radius 1 is 1.40 bits per heavy atom. The molecule has 0 radical (unpaired) electrons. The van der Waals surface area contributed by atoms with Crippen molar-refractivity contribution in [2.24, 2.45) is 11.0 Å². The highest BCUT2D eigenvalue weighted by molar-refractivity contribution is 5.86. The number of allylic oxidation sites excluding steroid dienone is 3. The van der Waals surface area contributed by atoms with Gasteiger partial charge in [0.05, 0.1) is 11.9 Å². The predicted molar refractivity (Wildman–Crippen MR) is 105 cm³/mol. The van der Waals surface area contributed by atoms with E-state index in [9.17, 15) is 4.79 Å². The Balaban J connectivity index is 1.95. The Morgan fingerprint density at radius 3 is 2.84 bits per heavy atom. The van der Waals surface area contributed by atoms with Gasteiger partial charge in [0.1, 0.15) is 0 Å². The van der Waals surface area contributed by atoms with E-state index in [1.165, 1.54) is 0 Å². The van der Waals surface area contributed by atoms with E-state index in [0.717, 1.165) is 41.7 Å². The van der Waals surface area contributed by atoms with Crippen LogP contribution in [0.1, 0.15) is 48.9 Å². The zero-order chi connectivity index (χ0) is 18.2. The van der Waals surface area contributed by atoms with Crippen molar-refractivity contribution in [1.29, 1.82) is 0 Å². The number of carbonyl (C=O) groups excluding carboxylic acids is 1. The normalized spacial score (nSPS) is 19.5. The standard InChI is InChI=1S/C21H25N3O/c1-5-9-10-15(6-2)13-23-24-21(25)19-12-18(19)17-11-16(7-3)20(8-4)22-14-17/h6-8,10-11,13-14,18-19H,2-5,9,12H2,1H3,(H,24,25)/b15-10+,23-13+. The maximum absolute atomic E-state index is 12.2. The summed E-state index contributed by atoms with van der Waals surface area (Å²) in [7, 11) is 0. The highest BCUT2D eigenvalue weighted by Gasteiger charge is 2.44. The van der Waals surface area contributed by atoms with Gasteiger partial charge in [-0.3, -0.25) is 9.78 Å². The zero-order valence-electron chi connectivity index (χ0n) is 14.7. The molecular formula is C21H25N3O. The van der Waals surface area contributed by atoms with E-state index in [-0.39, 0.29) is 17.7 Å². The topological polar surface area (TPSA) is 54.4 Å². The van der Waals surface area contributed by atoms with E-state index in [1.807, 2.05) is 18.3 Å². The molecule has 1 heterocycles. The molecule has 2 unspecified atom stereocenters. The van der Waals surface area contributed by atoms with E-state index in [4.69, 9.17) is 0 Å². The number of hydrogen-bond donors (Lipinski definition) is 1. The Hall–Kier alpha value is -2.75. The lowest BCUT2D eigenvalue weighted by atomic mass is 10.1. The summed E-state index contributed by atoms with van der Waals surface area (Å²) < 4.78 is 0. The summed E-state index contributed by atoms with van der Waals surface area (Å²) in [6.07, 6.45) is 13.5. The van der Waals surface area contributed by atoms with Gasteiger partial charge >= 0.3 is 0 Å². The monoisotopic (exact) mass is 335 g/mol. The van der Waals surface area contributed by atoms with Gasteiger partial charge in [-0.05, 0) is 47.6 Å². The van der Waals surface area contributed by atoms with Gasteiger partial charge in [0, 0.05) is 12.1 Å². The molecule has 1 fully saturated rings. The van der Waals surface area contributed by atoms with Crippen molar-refractivity contribution in [3.63, 3.8) is 0 Å². The highest BCUT2D eigenvalue weighted by Crippen LogP contribution is 2.47. The summed E-state index contributed by atoms with van der Waals surface area (Å²) >= 11 is 0. The van der Waals surface area contributed by atoms with Crippen LogP contribution in [0.25, 0.3) is 12.2 Å². The van der Waals surface area contributed by atoms with Crippen LogP contribution >= 0.6 is 0 Å². The lowest BCUT2D eigenvalue weighted by Crippen LogP contribution is -2.20. The molecule has 4 nitrogen and oxygen atoms in total. The quantitative estimate of drug-likeness (QED) is 0.411. The van der Waals surface area contributed by atoms with Crippen molar-refractivity contribution in [3.05, 3.63) is 66.5 Å². The fourth-order valence-electron chi connectivity index (χ4n) is 2.65. The predicted octanol–water partition coefficient (Wildman–Crippen LogP) is 4.49. The third kappa shape index (κ3) is 4.86. The molecule has 2 atom stereocenters. The van der Waals surface area contributed by atoms with Crippen LogP contribution in [0.4, 0.5) is 0 Å². The molecular weight excluding hydrogens is 310 g/mol. The number of nitrogens with zero attached hydrogens (tertiary/aromatic N) is 2. The maximum Gasteiger partial charge on any atom is 0.243 e. The molecule has 1 amide bonds. The first-order valence-corrected chi connectivity index (χ1v) is 8.54. The van der Waals surface area contributed by atoms with Crippen LogP contribution in [0.2, 0.25) is 0 Å². The van der Waals surface area contributed by atoms with Gasteiger partial charge in [0.15, 0.2) is 0 Å². The Bertz CT molecular complexity index is 731. The van der Waals surface area contributed by atoms with Gasteiger partial charge in [-0.1, -0.05) is 51.3 Å². The molecule has 0 spiro atoms. The molecule has 1 aliphatic carbocycles. The van der Waals surface area contributed by atoms with Crippen molar-refractivity contribution in [1.82, 2.24) is 10.4 Å². The Labute approximate surface area is 149 Å². The number of amides is 1. The minimum Gasteiger partial charge on any atom is -0.273 e. The van der Waals surface area contributed by atoms with Crippen LogP contribution in [0.15, 0.2) is 54.8 Å². The molecule has 130 valence electrons. The van der Waals surface area contributed by atoms with Crippen LogP contribution in [-0.4, -0.2) is 17.1 Å². The molecule has 25 heavy (non-hydrogen) atoms. The van der Waals surface area contributed by atoms with Crippen LogP contribution in [0, 0.1) is 5.92 Å². The molecule has 1 aromatic rings. The average Bonchev–Trinajstić information content (AvgIpc) is 3.44. The maximum atomic E-state index is 12.2. The van der Waals surface area contributed by atoms with Gasteiger partial charge < -0.3 is 0 Å². The number of hydrogen-bond acceptors (Lipinski definition) is 3. The number of aromatic nitrogens is 1. The Morgan fingerprint density at radius 2 is 2.20 bits per heavy atom. The van der Waals surface area contributed by atoms with Gasteiger partial charge in [0.2, 0.25) is 5.91 Å².